The number of carbonyl (C=O) groups is 1. The average molecular weight is 381 g/mol. The molecule has 9 nitrogen and oxygen atoms in total. The molecule has 0 bridgehead atoms. The number of rotatable bonds is 9. The van der Waals surface area contributed by atoms with Gasteiger partial charge in [-0.1, -0.05) is 0 Å². The van der Waals surface area contributed by atoms with Gasteiger partial charge in [0.15, 0.2) is 5.78 Å². The average Bonchev–Trinajstić information content (AvgIpc) is 2.66. The number of methoxy groups -OCH3 is 1. The summed E-state index contributed by atoms with van der Waals surface area (Å²) < 4.78 is 32.3. The van der Waals surface area contributed by atoms with Crippen LogP contribution in [0.25, 0.3) is 0 Å². The summed E-state index contributed by atoms with van der Waals surface area (Å²) in [6, 6.07) is 11.2. The van der Waals surface area contributed by atoms with Gasteiger partial charge in [-0.3, -0.25) is 24.0 Å². The molecule has 0 fully saturated rings. The number of nitro groups is 1. The zero-order chi connectivity index (χ0) is 19.2. The van der Waals surface area contributed by atoms with Crippen molar-refractivity contribution < 1.29 is 32.6 Å². The number of carbonyl (C=O) groups excluding carboxylic acids is 1. The van der Waals surface area contributed by atoms with Crippen molar-refractivity contribution >= 4 is 19.3 Å². The maximum Gasteiger partial charge on any atom is 0.530 e. The van der Waals surface area contributed by atoms with E-state index in [2.05, 4.69) is 0 Å². The molecule has 2 aromatic carbocycles. The van der Waals surface area contributed by atoms with Gasteiger partial charge in [0, 0.05) is 24.8 Å². The number of hydrogen-bond acceptors (Lipinski definition) is 8. The summed E-state index contributed by atoms with van der Waals surface area (Å²) in [4.78, 5) is 22.1. The summed E-state index contributed by atoms with van der Waals surface area (Å²) in [5, 5.41) is 10.6. The summed E-state index contributed by atoms with van der Waals surface area (Å²) in [6.45, 7) is -0.537. The third kappa shape index (κ3) is 5.13. The topological polar surface area (TPSA) is 114 Å². The Morgan fingerprint density at radius 3 is 2.12 bits per heavy atom. The third-order valence-corrected chi connectivity index (χ3v) is 4.58. The first-order chi connectivity index (χ1) is 12.4. The Morgan fingerprint density at radius 1 is 1.04 bits per heavy atom. The van der Waals surface area contributed by atoms with Gasteiger partial charge in [-0.05, 0) is 36.4 Å². The number of nitrogens with zero attached hydrogens (tertiary/aromatic N) is 1. The second kappa shape index (κ2) is 8.57. The molecule has 0 amide bonds. The lowest BCUT2D eigenvalue weighted by Crippen LogP contribution is -2.10. The molecule has 0 aromatic heterocycles. The van der Waals surface area contributed by atoms with Crippen molar-refractivity contribution in [3.8, 4) is 11.5 Å². The highest BCUT2D eigenvalue weighted by Gasteiger charge is 2.28. The van der Waals surface area contributed by atoms with Gasteiger partial charge in [-0.25, -0.2) is 4.57 Å². The fraction of sp³-hybridized carbons (Fsp3) is 0.188. The number of hydrogen-bond donors (Lipinski definition) is 0. The SMILES string of the molecule is COc1ccc(C(=O)COP(=O)(OC)Oc2ccc([N+](=O)[O-])cc2)cc1. The molecule has 1 unspecified atom stereocenters. The molecule has 0 aliphatic rings. The molecule has 0 spiro atoms. The Kier molecular flexibility index (Phi) is 6.46. The van der Waals surface area contributed by atoms with E-state index in [1.807, 2.05) is 0 Å². The van der Waals surface area contributed by atoms with E-state index < -0.39 is 25.1 Å². The normalized spacial score (nSPS) is 12.8. The van der Waals surface area contributed by atoms with E-state index in [1.54, 1.807) is 24.3 Å². The molecule has 2 rings (SSSR count). The van der Waals surface area contributed by atoms with Crippen LogP contribution in [0, 0.1) is 10.1 Å². The number of ether oxygens (including phenoxy) is 1. The predicted octanol–water partition coefficient (Wildman–Crippen LogP) is 3.64. The summed E-state index contributed by atoms with van der Waals surface area (Å²) in [6.07, 6.45) is 0. The smallest absolute Gasteiger partial charge is 0.497 e. The van der Waals surface area contributed by atoms with Crippen LogP contribution in [0.1, 0.15) is 10.4 Å². The molecule has 0 saturated carbocycles. The minimum Gasteiger partial charge on any atom is -0.497 e. The Balaban J connectivity index is 2.00. The van der Waals surface area contributed by atoms with E-state index >= 15 is 0 Å². The number of phosphoric acid groups is 1. The molecule has 1 atom stereocenters. The van der Waals surface area contributed by atoms with Gasteiger partial charge < -0.3 is 9.26 Å². The molecule has 0 N–H and O–H groups in total. The first-order valence-electron chi connectivity index (χ1n) is 7.28. The minimum absolute atomic E-state index is 0.0395. The van der Waals surface area contributed by atoms with Crippen molar-refractivity contribution in [1.29, 1.82) is 0 Å². The van der Waals surface area contributed by atoms with Crippen LogP contribution >= 0.6 is 7.82 Å². The monoisotopic (exact) mass is 381 g/mol. The third-order valence-electron chi connectivity index (χ3n) is 3.25. The Hall–Kier alpha value is -2.74. The summed E-state index contributed by atoms with van der Waals surface area (Å²) in [5.74, 6) is 0.196. The predicted molar refractivity (Wildman–Crippen MR) is 91.6 cm³/mol. The first-order valence-corrected chi connectivity index (χ1v) is 8.74. The molecular formula is C16H16NO8P. The van der Waals surface area contributed by atoms with E-state index in [1.165, 1.54) is 31.4 Å². The van der Waals surface area contributed by atoms with Crippen LogP contribution in [0.4, 0.5) is 5.69 Å². The van der Waals surface area contributed by atoms with Gasteiger partial charge >= 0.3 is 7.82 Å². The van der Waals surface area contributed by atoms with Gasteiger partial charge in [-0.2, -0.15) is 0 Å². The zero-order valence-electron chi connectivity index (χ0n) is 14.0. The lowest BCUT2D eigenvalue weighted by atomic mass is 10.1. The highest BCUT2D eigenvalue weighted by atomic mass is 31.2. The quantitative estimate of drug-likeness (QED) is 0.280. The lowest BCUT2D eigenvalue weighted by Gasteiger charge is -2.16. The van der Waals surface area contributed by atoms with Gasteiger partial charge in [-0.15, -0.1) is 0 Å². The second-order valence-electron chi connectivity index (χ2n) is 4.90. The Labute approximate surface area is 149 Å². The second-order valence-corrected chi connectivity index (χ2v) is 6.60. The summed E-state index contributed by atoms with van der Waals surface area (Å²) in [5.41, 5.74) is 0.184. The largest absolute Gasteiger partial charge is 0.530 e. The molecule has 0 radical (unpaired) electrons. The van der Waals surface area contributed by atoms with Crippen molar-refractivity contribution in [3.05, 3.63) is 64.2 Å². The van der Waals surface area contributed by atoms with Crippen LogP contribution in [-0.4, -0.2) is 31.5 Å². The number of ketones is 1. The maximum absolute atomic E-state index is 12.4. The van der Waals surface area contributed by atoms with Crippen molar-refractivity contribution in [2.24, 2.45) is 0 Å². The van der Waals surface area contributed by atoms with Gasteiger partial charge in [0.2, 0.25) is 0 Å². The van der Waals surface area contributed by atoms with E-state index in [4.69, 9.17) is 18.3 Å². The van der Waals surface area contributed by atoms with Crippen molar-refractivity contribution in [2.75, 3.05) is 20.8 Å². The van der Waals surface area contributed by atoms with Gasteiger partial charge in [0.25, 0.3) is 5.69 Å². The summed E-state index contributed by atoms with van der Waals surface area (Å²) in [7, 11) is -1.46. The van der Waals surface area contributed by atoms with Crippen molar-refractivity contribution in [3.63, 3.8) is 0 Å². The highest BCUT2D eigenvalue weighted by molar-refractivity contribution is 7.48. The number of non-ortho nitro benzene ring substituents is 1. The fourth-order valence-electron chi connectivity index (χ4n) is 1.87. The van der Waals surface area contributed by atoms with Crippen LogP contribution in [0.15, 0.2) is 48.5 Å². The molecule has 2 aromatic rings. The number of phosphoric ester groups is 1. The Bertz CT molecular complexity index is 819. The number of benzene rings is 2. The Morgan fingerprint density at radius 2 is 1.62 bits per heavy atom. The van der Waals surface area contributed by atoms with Crippen LogP contribution in [-0.2, 0) is 13.6 Å². The lowest BCUT2D eigenvalue weighted by molar-refractivity contribution is -0.384. The van der Waals surface area contributed by atoms with Crippen LogP contribution in [0.5, 0.6) is 11.5 Å². The fourth-order valence-corrected chi connectivity index (χ4v) is 2.76. The van der Waals surface area contributed by atoms with E-state index in [-0.39, 0.29) is 11.4 Å². The van der Waals surface area contributed by atoms with Crippen LogP contribution < -0.4 is 9.26 Å². The molecule has 0 aliphatic heterocycles. The number of nitro benzene ring substituents is 1. The van der Waals surface area contributed by atoms with Crippen molar-refractivity contribution in [2.45, 2.75) is 0 Å². The number of Topliss-reactive ketones (excluding diaryl/α,β-unsaturated/α-hetero) is 1. The van der Waals surface area contributed by atoms with Crippen LogP contribution in [0.3, 0.4) is 0 Å². The zero-order valence-corrected chi connectivity index (χ0v) is 14.9. The van der Waals surface area contributed by atoms with Crippen molar-refractivity contribution in [1.82, 2.24) is 0 Å². The van der Waals surface area contributed by atoms with E-state index in [0.29, 0.717) is 11.3 Å². The maximum atomic E-state index is 12.4. The molecule has 10 heteroatoms. The molecule has 138 valence electrons. The van der Waals surface area contributed by atoms with Gasteiger partial charge in [0.1, 0.15) is 18.1 Å². The molecule has 0 heterocycles. The van der Waals surface area contributed by atoms with E-state index in [9.17, 15) is 19.5 Å². The summed E-state index contributed by atoms with van der Waals surface area (Å²) >= 11 is 0. The molecule has 0 aliphatic carbocycles. The first kappa shape index (κ1) is 19.6. The van der Waals surface area contributed by atoms with Crippen LogP contribution in [0.2, 0.25) is 0 Å². The molecule has 0 saturated heterocycles. The van der Waals surface area contributed by atoms with E-state index in [0.717, 1.165) is 7.11 Å². The van der Waals surface area contributed by atoms with Gasteiger partial charge in [0.05, 0.1) is 12.0 Å². The minimum atomic E-state index is -4.07. The standard InChI is InChI=1S/C16H16NO8P/c1-22-14-7-3-12(4-8-14)16(18)11-24-26(21,23-2)25-15-9-5-13(6-10-15)17(19)20/h3-10H,11H2,1-2H3. The molecular weight excluding hydrogens is 365 g/mol. The highest BCUT2D eigenvalue weighted by Crippen LogP contribution is 2.48. The molecule has 26 heavy (non-hydrogen) atoms.